The highest BCUT2D eigenvalue weighted by Crippen LogP contribution is 2.24. The van der Waals surface area contributed by atoms with Crippen LogP contribution in [0.4, 0.5) is 0 Å². The fourth-order valence-electron chi connectivity index (χ4n) is 1.37. The van der Waals surface area contributed by atoms with Crippen LogP contribution in [0.3, 0.4) is 0 Å². The molecule has 1 N–H and O–H groups in total. The van der Waals surface area contributed by atoms with Crippen LogP contribution in [0.25, 0.3) is 0 Å². The zero-order valence-electron chi connectivity index (χ0n) is 10.1. The zero-order valence-corrected chi connectivity index (χ0v) is 10.8. The van der Waals surface area contributed by atoms with Crippen molar-refractivity contribution < 1.29 is 19.4 Å². The molecule has 0 fully saturated rings. The minimum Gasteiger partial charge on any atom is -0.480 e. The summed E-state index contributed by atoms with van der Waals surface area (Å²) in [4.78, 5) is 23.4. The first-order valence-electron chi connectivity index (χ1n) is 5.29. The number of amides is 1. The van der Waals surface area contributed by atoms with Gasteiger partial charge in [-0.25, -0.2) is 0 Å². The quantitative estimate of drug-likeness (QED) is 0.884. The Labute approximate surface area is 110 Å². The van der Waals surface area contributed by atoms with Crippen LogP contribution in [-0.4, -0.2) is 41.6 Å². The number of carboxylic acid groups (broad SMARTS) is 1. The highest BCUT2D eigenvalue weighted by molar-refractivity contribution is 6.32. The molecule has 6 heteroatoms. The lowest BCUT2D eigenvalue weighted by Gasteiger charge is -2.20. The minimum absolute atomic E-state index is 0.366. The van der Waals surface area contributed by atoms with Crippen LogP contribution in [0.5, 0.6) is 5.75 Å². The highest BCUT2D eigenvalue weighted by atomic mass is 35.5. The van der Waals surface area contributed by atoms with E-state index in [1.807, 2.05) is 0 Å². The maximum atomic E-state index is 11.8. The maximum absolute atomic E-state index is 11.8. The average Bonchev–Trinajstić information content (AvgIpc) is 2.30. The van der Waals surface area contributed by atoms with E-state index in [9.17, 15) is 9.59 Å². The standard InChI is InChI=1S/C12H14ClNO4/c1-8(12(17)14(2)7-11(15)16)18-10-6-4-3-5-9(10)13/h3-6,8H,7H2,1-2H3,(H,15,16). The van der Waals surface area contributed by atoms with Crippen LogP contribution in [0.2, 0.25) is 5.02 Å². The first-order valence-corrected chi connectivity index (χ1v) is 5.67. The summed E-state index contributed by atoms with van der Waals surface area (Å²) in [6, 6.07) is 6.77. The maximum Gasteiger partial charge on any atom is 0.323 e. The minimum atomic E-state index is -1.07. The van der Waals surface area contributed by atoms with Gasteiger partial charge in [0.1, 0.15) is 12.3 Å². The lowest BCUT2D eigenvalue weighted by atomic mass is 10.3. The van der Waals surface area contributed by atoms with Gasteiger partial charge >= 0.3 is 5.97 Å². The number of carbonyl (C=O) groups is 2. The van der Waals surface area contributed by atoms with Crippen molar-refractivity contribution in [1.29, 1.82) is 0 Å². The van der Waals surface area contributed by atoms with Gasteiger partial charge in [-0.15, -0.1) is 0 Å². The van der Waals surface area contributed by atoms with Gasteiger partial charge in [0.15, 0.2) is 6.10 Å². The summed E-state index contributed by atoms with van der Waals surface area (Å²) >= 11 is 5.89. The van der Waals surface area contributed by atoms with Crippen LogP contribution in [0.15, 0.2) is 24.3 Å². The lowest BCUT2D eigenvalue weighted by molar-refractivity contribution is -0.146. The number of rotatable bonds is 5. The van der Waals surface area contributed by atoms with Gasteiger partial charge in [0.25, 0.3) is 5.91 Å². The first-order chi connectivity index (χ1) is 8.41. The van der Waals surface area contributed by atoms with E-state index in [2.05, 4.69) is 0 Å². The molecule has 1 rings (SSSR count). The Morgan fingerprint density at radius 3 is 2.61 bits per heavy atom. The van der Waals surface area contributed by atoms with Crippen molar-refractivity contribution in [2.45, 2.75) is 13.0 Å². The van der Waals surface area contributed by atoms with Crippen molar-refractivity contribution in [3.8, 4) is 5.75 Å². The van der Waals surface area contributed by atoms with E-state index in [1.165, 1.54) is 7.05 Å². The third-order valence-corrected chi connectivity index (χ3v) is 2.55. The molecule has 0 radical (unpaired) electrons. The van der Waals surface area contributed by atoms with Gasteiger partial charge in [-0.2, -0.15) is 0 Å². The van der Waals surface area contributed by atoms with Crippen molar-refractivity contribution in [2.24, 2.45) is 0 Å². The fourth-order valence-corrected chi connectivity index (χ4v) is 1.55. The van der Waals surface area contributed by atoms with Crippen molar-refractivity contribution in [2.75, 3.05) is 13.6 Å². The van der Waals surface area contributed by atoms with Crippen LogP contribution >= 0.6 is 11.6 Å². The number of halogens is 1. The largest absolute Gasteiger partial charge is 0.480 e. The third kappa shape index (κ3) is 3.92. The zero-order chi connectivity index (χ0) is 13.7. The topological polar surface area (TPSA) is 66.8 Å². The monoisotopic (exact) mass is 271 g/mol. The van der Waals surface area contributed by atoms with Gasteiger partial charge in [0.05, 0.1) is 5.02 Å². The summed E-state index contributed by atoms with van der Waals surface area (Å²) in [6.45, 7) is 1.18. The van der Waals surface area contributed by atoms with Crippen molar-refractivity contribution in [1.82, 2.24) is 4.90 Å². The average molecular weight is 272 g/mol. The molecule has 0 spiro atoms. The summed E-state index contributed by atoms with van der Waals surface area (Å²) in [5, 5.41) is 8.99. The lowest BCUT2D eigenvalue weighted by Crippen LogP contribution is -2.40. The van der Waals surface area contributed by atoms with Gasteiger partial charge in [0.2, 0.25) is 0 Å². The smallest absolute Gasteiger partial charge is 0.323 e. The van der Waals surface area contributed by atoms with E-state index in [-0.39, 0.29) is 6.54 Å². The fraction of sp³-hybridized carbons (Fsp3) is 0.333. The molecular weight excluding hydrogens is 258 g/mol. The summed E-state index contributed by atoms with van der Waals surface area (Å²) < 4.78 is 5.39. The number of nitrogens with zero attached hydrogens (tertiary/aromatic N) is 1. The third-order valence-electron chi connectivity index (χ3n) is 2.24. The van der Waals surface area contributed by atoms with Crippen LogP contribution in [0.1, 0.15) is 6.92 Å². The summed E-state index contributed by atoms with van der Waals surface area (Å²) in [5.74, 6) is -1.10. The van der Waals surface area contributed by atoms with Crippen molar-refractivity contribution >= 4 is 23.5 Å². The molecule has 1 aromatic carbocycles. The van der Waals surface area contributed by atoms with Crippen LogP contribution in [0, 0.1) is 0 Å². The van der Waals surface area contributed by atoms with E-state index >= 15 is 0 Å². The molecule has 1 aromatic rings. The molecule has 1 amide bonds. The Hall–Kier alpha value is -1.75. The number of carbonyl (C=O) groups excluding carboxylic acids is 1. The van der Waals surface area contributed by atoms with Gasteiger partial charge < -0.3 is 14.7 Å². The summed E-state index contributed by atoms with van der Waals surface area (Å²) in [6.07, 6.45) is -0.797. The number of likely N-dealkylation sites (N-methyl/N-ethyl adjacent to an activating group) is 1. The van der Waals surface area contributed by atoms with Gasteiger partial charge in [0, 0.05) is 7.05 Å². The summed E-state index contributed by atoms with van der Waals surface area (Å²) in [7, 11) is 1.41. The van der Waals surface area contributed by atoms with Crippen LogP contribution in [-0.2, 0) is 9.59 Å². The van der Waals surface area contributed by atoms with E-state index in [1.54, 1.807) is 31.2 Å². The number of carboxylic acids is 1. The Morgan fingerprint density at radius 2 is 2.06 bits per heavy atom. The van der Waals surface area contributed by atoms with Crippen molar-refractivity contribution in [3.05, 3.63) is 29.3 Å². The van der Waals surface area contributed by atoms with E-state index in [0.29, 0.717) is 10.8 Å². The number of benzene rings is 1. The number of hydrogen-bond donors (Lipinski definition) is 1. The molecule has 0 saturated heterocycles. The number of hydrogen-bond acceptors (Lipinski definition) is 3. The second kappa shape index (κ2) is 6.26. The van der Waals surface area contributed by atoms with Gasteiger partial charge in [-0.3, -0.25) is 9.59 Å². The van der Waals surface area contributed by atoms with Crippen LogP contribution < -0.4 is 4.74 Å². The molecule has 1 unspecified atom stereocenters. The molecule has 0 aliphatic rings. The van der Waals surface area contributed by atoms with Gasteiger partial charge in [-0.1, -0.05) is 23.7 Å². The Bertz CT molecular complexity index is 449. The summed E-state index contributed by atoms with van der Waals surface area (Å²) in [5.41, 5.74) is 0. The molecule has 1 atom stereocenters. The SMILES string of the molecule is CC(Oc1ccccc1Cl)C(=O)N(C)CC(=O)O. The second-order valence-corrected chi connectivity index (χ2v) is 4.19. The molecule has 0 aliphatic carbocycles. The normalized spacial score (nSPS) is 11.7. The Kier molecular flexibility index (Phi) is 4.97. The molecule has 18 heavy (non-hydrogen) atoms. The molecule has 0 saturated carbocycles. The highest BCUT2D eigenvalue weighted by Gasteiger charge is 2.21. The molecule has 0 aliphatic heterocycles. The van der Waals surface area contributed by atoms with Gasteiger partial charge in [-0.05, 0) is 19.1 Å². The van der Waals surface area contributed by atoms with E-state index in [4.69, 9.17) is 21.4 Å². The molecule has 0 bridgehead atoms. The first kappa shape index (κ1) is 14.3. The molecule has 98 valence electrons. The molecule has 5 nitrogen and oxygen atoms in total. The Balaban J connectivity index is 2.65. The molecule has 0 aromatic heterocycles. The number of para-hydroxylation sites is 1. The Morgan fingerprint density at radius 1 is 1.44 bits per heavy atom. The number of aliphatic carboxylic acids is 1. The van der Waals surface area contributed by atoms with E-state index < -0.39 is 18.0 Å². The van der Waals surface area contributed by atoms with Crippen molar-refractivity contribution in [3.63, 3.8) is 0 Å². The number of ether oxygens (including phenoxy) is 1. The molecule has 0 heterocycles. The van der Waals surface area contributed by atoms with E-state index in [0.717, 1.165) is 4.90 Å². The molecular formula is C12H14ClNO4. The second-order valence-electron chi connectivity index (χ2n) is 3.78. The predicted octanol–water partition coefficient (Wildman–Crippen LogP) is 1.65. The predicted molar refractivity (Wildman–Crippen MR) is 66.8 cm³/mol.